The van der Waals surface area contributed by atoms with Crippen LogP contribution >= 0.6 is 0 Å². The van der Waals surface area contributed by atoms with Gasteiger partial charge in [0, 0.05) is 11.8 Å². The molecule has 0 saturated heterocycles. The lowest BCUT2D eigenvalue weighted by atomic mass is 10.1. The van der Waals surface area contributed by atoms with E-state index in [0.29, 0.717) is 11.1 Å². The zero-order chi connectivity index (χ0) is 13.7. The third kappa shape index (κ3) is 2.87. The highest BCUT2D eigenvalue weighted by molar-refractivity contribution is 5.88. The molecule has 0 saturated carbocycles. The Balaban J connectivity index is 2.12. The van der Waals surface area contributed by atoms with Crippen molar-refractivity contribution in [1.29, 1.82) is 5.26 Å². The molecule has 1 N–H and O–H groups in total. The molecule has 0 spiro atoms. The van der Waals surface area contributed by atoms with E-state index in [2.05, 4.69) is 4.98 Å². The Hall–Kier alpha value is -2.87. The van der Waals surface area contributed by atoms with Gasteiger partial charge in [-0.25, -0.2) is 4.79 Å². The Morgan fingerprint density at radius 3 is 2.79 bits per heavy atom. The second-order valence-electron chi connectivity index (χ2n) is 3.76. The smallest absolute Gasteiger partial charge is 0.344 e. The molecule has 2 aromatic rings. The first kappa shape index (κ1) is 12.6. The van der Waals surface area contributed by atoms with Crippen LogP contribution < -0.4 is 5.56 Å². The van der Waals surface area contributed by atoms with Crippen LogP contribution in [-0.4, -0.2) is 11.0 Å². The minimum Gasteiger partial charge on any atom is -0.457 e. The normalized spacial score (nSPS) is 9.63. The zero-order valence-electron chi connectivity index (χ0n) is 9.92. The number of aromatic nitrogens is 1. The monoisotopic (exact) mass is 254 g/mol. The molecule has 0 unspecified atom stereocenters. The maximum Gasteiger partial charge on any atom is 0.344 e. The van der Waals surface area contributed by atoms with E-state index in [0.717, 1.165) is 0 Å². The minimum atomic E-state index is -0.713. The van der Waals surface area contributed by atoms with Crippen LogP contribution in [0.5, 0.6) is 0 Å². The fourth-order valence-corrected chi connectivity index (χ4v) is 1.56. The minimum absolute atomic E-state index is 0.0447. The average molecular weight is 254 g/mol. The number of carbonyl (C=O) groups excluding carboxylic acids is 1. The molecule has 0 aliphatic heterocycles. The molecule has 94 valence electrons. The maximum absolute atomic E-state index is 11.7. The molecule has 0 aliphatic rings. The van der Waals surface area contributed by atoms with Crippen molar-refractivity contribution in [2.24, 2.45) is 0 Å². The first-order valence-electron chi connectivity index (χ1n) is 5.55. The summed E-state index contributed by atoms with van der Waals surface area (Å²) in [6, 6.07) is 11.8. The van der Waals surface area contributed by atoms with E-state index in [9.17, 15) is 9.59 Å². The largest absolute Gasteiger partial charge is 0.457 e. The SMILES string of the molecule is N#Cc1ccccc1COC(=O)c1ccc[nH]c1=O. The van der Waals surface area contributed by atoms with Gasteiger partial charge in [0.1, 0.15) is 12.2 Å². The third-order valence-electron chi connectivity index (χ3n) is 2.53. The summed E-state index contributed by atoms with van der Waals surface area (Å²) in [5.41, 5.74) is 0.487. The van der Waals surface area contributed by atoms with Gasteiger partial charge in [-0.15, -0.1) is 0 Å². The molecule has 1 heterocycles. The van der Waals surface area contributed by atoms with Crippen LogP contribution in [0.25, 0.3) is 0 Å². The highest BCUT2D eigenvalue weighted by Gasteiger charge is 2.12. The molecule has 1 aromatic heterocycles. The molecule has 0 atom stereocenters. The fraction of sp³-hybridized carbons (Fsp3) is 0.0714. The number of nitrogens with one attached hydrogen (secondary N) is 1. The molecule has 1 aromatic carbocycles. The number of aromatic amines is 1. The van der Waals surface area contributed by atoms with Crippen LogP contribution in [0.15, 0.2) is 47.4 Å². The van der Waals surface area contributed by atoms with Gasteiger partial charge in [-0.2, -0.15) is 5.26 Å². The van der Waals surface area contributed by atoms with Crippen LogP contribution in [0, 0.1) is 11.3 Å². The van der Waals surface area contributed by atoms with Crippen LogP contribution in [0.3, 0.4) is 0 Å². The van der Waals surface area contributed by atoms with Gasteiger partial charge in [0.25, 0.3) is 5.56 Å². The van der Waals surface area contributed by atoms with Crippen molar-refractivity contribution in [2.45, 2.75) is 6.61 Å². The summed E-state index contributed by atoms with van der Waals surface area (Å²) in [6.45, 7) is -0.0447. The van der Waals surface area contributed by atoms with E-state index in [-0.39, 0.29) is 12.2 Å². The number of nitriles is 1. The van der Waals surface area contributed by atoms with Gasteiger partial charge in [0.2, 0.25) is 0 Å². The van der Waals surface area contributed by atoms with Gasteiger partial charge in [-0.1, -0.05) is 18.2 Å². The summed E-state index contributed by atoms with van der Waals surface area (Å²) < 4.78 is 5.03. The summed E-state index contributed by atoms with van der Waals surface area (Å²) in [5, 5.41) is 8.90. The summed E-state index contributed by atoms with van der Waals surface area (Å²) in [4.78, 5) is 25.5. The van der Waals surface area contributed by atoms with Crippen LogP contribution in [0.1, 0.15) is 21.5 Å². The lowest BCUT2D eigenvalue weighted by molar-refractivity contribution is 0.0470. The third-order valence-corrected chi connectivity index (χ3v) is 2.53. The van der Waals surface area contributed by atoms with E-state index in [4.69, 9.17) is 10.00 Å². The van der Waals surface area contributed by atoms with Gasteiger partial charge >= 0.3 is 5.97 Å². The highest BCUT2D eigenvalue weighted by atomic mass is 16.5. The number of hydrogen-bond donors (Lipinski definition) is 1. The Labute approximate surface area is 109 Å². The predicted octanol–water partition coefficient (Wildman–Crippen LogP) is 1.60. The Morgan fingerprint density at radius 2 is 2.05 bits per heavy atom. The van der Waals surface area contributed by atoms with E-state index in [1.54, 1.807) is 30.3 Å². The molecule has 0 aliphatic carbocycles. The Kier molecular flexibility index (Phi) is 3.74. The number of H-pyrrole nitrogens is 1. The van der Waals surface area contributed by atoms with Crippen molar-refractivity contribution in [3.63, 3.8) is 0 Å². The lowest BCUT2D eigenvalue weighted by Gasteiger charge is -2.05. The molecule has 0 bridgehead atoms. The molecular formula is C14H10N2O3. The molecule has 2 rings (SSSR count). The number of nitrogens with zero attached hydrogens (tertiary/aromatic N) is 1. The molecule has 19 heavy (non-hydrogen) atoms. The van der Waals surface area contributed by atoms with Crippen molar-refractivity contribution in [1.82, 2.24) is 4.98 Å². The molecule has 0 radical (unpaired) electrons. The quantitative estimate of drug-likeness (QED) is 0.843. The van der Waals surface area contributed by atoms with Crippen LogP contribution in [0.4, 0.5) is 0 Å². The number of hydrogen-bond acceptors (Lipinski definition) is 4. The zero-order valence-corrected chi connectivity index (χ0v) is 9.92. The summed E-state index contributed by atoms with van der Waals surface area (Å²) in [6.07, 6.45) is 1.43. The second kappa shape index (κ2) is 5.65. The Morgan fingerprint density at radius 1 is 1.26 bits per heavy atom. The number of ether oxygens (including phenoxy) is 1. The van der Waals surface area contributed by atoms with E-state index in [1.807, 2.05) is 6.07 Å². The first-order chi connectivity index (χ1) is 9.22. The highest BCUT2D eigenvalue weighted by Crippen LogP contribution is 2.09. The van der Waals surface area contributed by atoms with E-state index < -0.39 is 11.5 Å². The van der Waals surface area contributed by atoms with Gasteiger partial charge in [-0.05, 0) is 18.2 Å². The number of carbonyl (C=O) groups is 1. The van der Waals surface area contributed by atoms with Gasteiger partial charge in [0.15, 0.2) is 0 Å². The molecule has 0 fully saturated rings. The van der Waals surface area contributed by atoms with Gasteiger partial charge in [-0.3, -0.25) is 4.79 Å². The van der Waals surface area contributed by atoms with E-state index >= 15 is 0 Å². The second-order valence-corrected chi connectivity index (χ2v) is 3.76. The van der Waals surface area contributed by atoms with E-state index in [1.165, 1.54) is 12.3 Å². The average Bonchev–Trinajstić information content (AvgIpc) is 2.45. The summed E-state index contributed by atoms with van der Waals surface area (Å²) >= 11 is 0. The molecule has 5 nitrogen and oxygen atoms in total. The number of pyridine rings is 1. The van der Waals surface area contributed by atoms with Crippen LogP contribution in [-0.2, 0) is 11.3 Å². The first-order valence-corrected chi connectivity index (χ1v) is 5.55. The standard InChI is InChI=1S/C14H10N2O3/c15-8-10-4-1-2-5-11(10)9-19-14(18)12-6-3-7-16-13(12)17/h1-7H,9H2,(H,16,17). The summed E-state index contributed by atoms with van der Waals surface area (Å²) in [5.74, 6) is -0.713. The van der Waals surface area contributed by atoms with Crippen molar-refractivity contribution in [2.75, 3.05) is 0 Å². The van der Waals surface area contributed by atoms with Crippen LogP contribution in [0.2, 0.25) is 0 Å². The van der Waals surface area contributed by atoms with Crippen molar-refractivity contribution in [3.8, 4) is 6.07 Å². The number of rotatable bonds is 3. The van der Waals surface area contributed by atoms with Gasteiger partial charge in [0.05, 0.1) is 11.6 Å². The predicted molar refractivity (Wildman–Crippen MR) is 67.3 cm³/mol. The number of esters is 1. The molecule has 0 amide bonds. The lowest BCUT2D eigenvalue weighted by Crippen LogP contribution is -2.18. The fourth-order valence-electron chi connectivity index (χ4n) is 1.56. The topological polar surface area (TPSA) is 82.9 Å². The van der Waals surface area contributed by atoms with Gasteiger partial charge < -0.3 is 9.72 Å². The molecular weight excluding hydrogens is 244 g/mol. The maximum atomic E-state index is 11.7. The molecule has 5 heteroatoms. The van der Waals surface area contributed by atoms with Crippen molar-refractivity contribution >= 4 is 5.97 Å². The van der Waals surface area contributed by atoms with Crippen molar-refractivity contribution in [3.05, 3.63) is 69.6 Å². The van der Waals surface area contributed by atoms with Crippen molar-refractivity contribution < 1.29 is 9.53 Å². The summed E-state index contributed by atoms with van der Waals surface area (Å²) in [7, 11) is 0. The number of benzene rings is 1. The Bertz CT molecular complexity index is 698.